The molecule has 0 unspecified atom stereocenters. The average Bonchev–Trinajstić information content (AvgIpc) is 3.09. The molecule has 38 heavy (non-hydrogen) atoms. The van der Waals surface area contributed by atoms with E-state index in [4.69, 9.17) is 39.5 Å². The Labute approximate surface area is 233 Å². The van der Waals surface area contributed by atoms with Gasteiger partial charge in [0, 0.05) is 27.0 Å². The number of rotatable bonds is 8. The molecule has 1 aliphatic rings. The number of imide groups is 1. The van der Waals surface area contributed by atoms with E-state index in [1.54, 1.807) is 42.5 Å². The molecule has 0 saturated heterocycles. The minimum atomic E-state index is -0.804. The second-order valence-corrected chi connectivity index (χ2v) is 9.36. The number of ether oxygens (including phenoxy) is 1. The minimum absolute atomic E-state index is 0.0480. The molecule has 8 nitrogen and oxygen atoms in total. The maximum absolute atomic E-state index is 13.3. The van der Waals surface area contributed by atoms with Crippen LogP contribution in [-0.2, 0) is 14.3 Å². The van der Waals surface area contributed by atoms with E-state index in [0.29, 0.717) is 27.8 Å². The number of anilines is 3. The Morgan fingerprint density at radius 3 is 2.29 bits per heavy atom. The lowest BCUT2D eigenvalue weighted by Gasteiger charge is -2.18. The fourth-order valence-electron chi connectivity index (χ4n) is 3.66. The summed E-state index contributed by atoms with van der Waals surface area (Å²) in [5.41, 5.74) is 0.876. The maximum Gasteiger partial charge on any atom is 0.340 e. The molecule has 2 N–H and O–H groups in total. The van der Waals surface area contributed by atoms with Crippen LogP contribution in [0.15, 0.2) is 77.5 Å². The van der Waals surface area contributed by atoms with E-state index in [1.807, 2.05) is 6.92 Å². The van der Waals surface area contributed by atoms with Crippen LogP contribution in [-0.4, -0.2) is 30.3 Å². The van der Waals surface area contributed by atoms with Gasteiger partial charge in [0.1, 0.15) is 10.7 Å². The monoisotopic (exact) mass is 571 g/mol. The summed E-state index contributed by atoms with van der Waals surface area (Å²) >= 11 is 18.2. The zero-order chi connectivity index (χ0) is 27.4. The normalized spacial score (nSPS) is 13.1. The molecule has 0 aromatic heterocycles. The van der Waals surface area contributed by atoms with Crippen LogP contribution in [0.1, 0.15) is 34.1 Å². The van der Waals surface area contributed by atoms with Crippen molar-refractivity contribution in [2.24, 2.45) is 0 Å². The first-order valence-corrected chi connectivity index (χ1v) is 12.5. The Morgan fingerprint density at radius 1 is 0.868 bits per heavy atom. The fourth-order valence-corrected chi connectivity index (χ4v) is 4.39. The van der Waals surface area contributed by atoms with Crippen LogP contribution in [0.3, 0.4) is 0 Å². The van der Waals surface area contributed by atoms with Crippen molar-refractivity contribution < 1.29 is 23.9 Å². The summed E-state index contributed by atoms with van der Waals surface area (Å²) in [6.07, 6.45) is 0.612. The van der Waals surface area contributed by atoms with Crippen molar-refractivity contribution in [3.8, 4) is 0 Å². The lowest BCUT2D eigenvalue weighted by atomic mass is 10.1. The molecule has 0 saturated carbocycles. The molecule has 194 valence electrons. The molecule has 11 heteroatoms. The van der Waals surface area contributed by atoms with Gasteiger partial charge in [-0.2, -0.15) is 0 Å². The lowest BCUT2D eigenvalue weighted by molar-refractivity contribution is -0.120. The molecule has 0 aliphatic carbocycles. The van der Waals surface area contributed by atoms with Crippen LogP contribution in [0.4, 0.5) is 17.1 Å². The van der Waals surface area contributed by atoms with Crippen LogP contribution in [0.25, 0.3) is 0 Å². The molecular weight excluding hydrogens is 553 g/mol. The summed E-state index contributed by atoms with van der Waals surface area (Å²) in [4.78, 5) is 52.4. The Morgan fingerprint density at radius 2 is 1.58 bits per heavy atom. The fraction of sp³-hybridized carbons (Fsp3) is 0.111. The van der Waals surface area contributed by atoms with Gasteiger partial charge in [-0.25, -0.2) is 9.69 Å². The predicted octanol–water partition coefficient (Wildman–Crippen LogP) is 6.25. The standard InChI is InChI=1S/C27H20Cl3N3O5/c1-2-10-38-27(37)20-8-3-4-9-21(20)33-25(35)22(30)23(26(33)36)31-18-7-5-6-15(11-18)24(34)32-19-13-16(28)12-17(29)14-19/h3-9,11-14,31H,2,10H2,1H3,(H,32,34). The van der Waals surface area contributed by atoms with E-state index in [0.717, 1.165) is 4.90 Å². The zero-order valence-electron chi connectivity index (χ0n) is 19.9. The van der Waals surface area contributed by atoms with E-state index in [1.165, 1.54) is 24.3 Å². The van der Waals surface area contributed by atoms with E-state index in [2.05, 4.69) is 10.6 Å². The largest absolute Gasteiger partial charge is 0.462 e. The van der Waals surface area contributed by atoms with Crippen molar-refractivity contribution >= 4 is 75.6 Å². The average molecular weight is 573 g/mol. The third-order valence-corrected chi connectivity index (χ3v) is 6.13. The van der Waals surface area contributed by atoms with Gasteiger partial charge in [-0.15, -0.1) is 0 Å². The van der Waals surface area contributed by atoms with Gasteiger partial charge < -0.3 is 15.4 Å². The van der Waals surface area contributed by atoms with Gasteiger partial charge in [0.2, 0.25) is 0 Å². The highest BCUT2D eigenvalue weighted by Crippen LogP contribution is 2.33. The number of carbonyl (C=O) groups is 4. The summed E-state index contributed by atoms with van der Waals surface area (Å²) in [5.74, 6) is -2.69. The molecule has 3 aromatic rings. The number of halogens is 3. The summed E-state index contributed by atoms with van der Waals surface area (Å²) in [6, 6.07) is 17.0. The topological polar surface area (TPSA) is 105 Å². The van der Waals surface area contributed by atoms with Crippen molar-refractivity contribution in [3.63, 3.8) is 0 Å². The molecule has 4 rings (SSSR count). The third-order valence-electron chi connectivity index (χ3n) is 5.34. The Balaban J connectivity index is 1.56. The highest BCUT2D eigenvalue weighted by atomic mass is 35.5. The molecule has 0 spiro atoms. The molecular formula is C27H20Cl3N3O5. The molecule has 0 atom stereocenters. The van der Waals surface area contributed by atoms with E-state index in [9.17, 15) is 19.2 Å². The quantitative estimate of drug-likeness (QED) is 0.244. The van der Waals surface area contributed by atoms with Gasteiger partial charge in [0.05, 0.1) is 17.9 Å². The number of hydrogen-bond acceptors (Lipinski definition) is 6. The Kier molecular flexibility index (Phi) is 8.36. The summed E-state index contributed by atoms with van der Waals surface area (Å²) in [7, 11) is 0. The number of nitrogens with zero attached hydrogens (tertiary/aromatic N) is 1. The molecule has 0 bridgehead atoms. The van der Waals surface area contributed by atoms with Crippen LogP contribution < -0.4 is 15.5 Å². The minimum Gasteiger partial charge on any atom is -0.462 e. The molecule has 0 radical (unpaired) electrons. The molecule has 1 aliphatic heterocycles. The Hall–Kier alpha value is -3.85. The summed E-state index contributed by atoms with van der Waals surface area (Å²) in [5, 5.41) is 5.88. The van der Waals surface area contributed by atoms with Gasteiger partial charge in [0.25, 0.3) is 17.7 Å². The number of amides is 3. The van der Waals surface area contributed by atoms with Gasteiger partial charge in [0.15, 0.2) is 0 Å². The van der Waals surface area contributed by atoms with E-state index >= 15 is 0 Å². The van der Waals surface area contributed by atoms with E-state index in [-0.39, 0.29) is 34.2 Å². The van der Waals surface area contributed by atoms with Crippen molar-refractivity contribution in [3.05, 3.63) is 98.6 Å². The molecule has 3 amide bonds. The van der Waals surface area contributed by atoms with Crippen molar-refractivity contribution in [1.82, 2.24) is 0 Å². The van der Waals surface area contributed by atoms with Crippen LogP contribution in [0, 0.1) is 0 Å². The van der Waals surface area contributed by atoms with E-state index < -0.39 is 23.7 Å². The second kappa shape index (κ2) is 11.7. The van der Waals surface area contributed by atoms with Crippen LogP contribution >= 0.6 is 34.8 Å². The summed E-state index contributed by atoms with van der Waals surface area (Å²) in [6.45, 7) is 2.04. The number of carbonyl (C=O) groups excluding carboxylic acids is 4. The number of nitrogens with one attached hydrogen (secondary N) is 2. The van der Waals surface area contributed by atoms with Crippen LogP contribution in [0.2, 0.25) is 10.0 Å². The molecule has 0 fully saturated rings. The van der Waals surface area contributed by atoms with Crippen molar-refractivity contribution in [2.75, 3.05) is 22.1 Å². The number of hydrogen-bond donors (Lipinski definition) is 2. The highest BCUT2D eigenvalue weighted by Gasteiger charge is 2.40. The summed E-state index contributed by atoms with van der Waals surface area (Å²) < 4.78 is 5.19. The van der Waals surface area contributed by atoms with Gasteiger partial charge in [-0.1, -0.05) is 59.9 Å². The first-order chi connectivity index (χ1) is 18.2. The number of benzene rings is 3. The van der Waals surface area contributed by atoms with Crippen molar-refractivity contribution in [1.29, 1.82) is 0 Å². The predicted molar refractivity (Wildman–Crippen MR) is 147 cm³/mol. The second-order valence-electron chi connectivity index (χ2n) is 8.11. The number of para-hydroxylation sites is 1. The van der Waals surface area contributed by atoms with Gasteiger partial charge in [-0.05, 0) is 55.0 Å². The lowest BCUT2D eigenvalue weighted by Crippen LogP contribution is -2.33. The molecule has 1 heterocycles. The maximum atomic E-state index is 13.3. The zero-order valence-corrected chi connectivity index (χ0v) is 22.2. The SMILES string of the molecule is CCCOC(=O)c1ccccc1N1C(=O)C(Cl)=C(Nc2cccc(C(=O)Nc3cc(Cl)cc(Cl)c3)c2)C1=O. The first-order valence-electron chi connectivity index (χ1n) is 11.4. The Bertz CT molecular complexity index is 1470. The van der Waals surface area contributed by atoms with Gasteiger partial charge in [-0.3, -0.25) is 14.4 Å². The van der Waals surface area contributed by atoms with Crippen molar-refractivity contribution in [2.45, 2.75) is 13.3 Å². The number of esters is 1. The first kappa shape index (κ1) is 27.2. The highest BCUT2D eigenvalue weighted by molar-refractivity contribution is 6.53. The molecule has 3 aromatic carbocycles. The van der Waals surface area contributed by atoms with Gasteiger partial charge >= 0.3 is 5.97 Å². The third kappa shape index (κ3) is 5.83. The van der Waals surface area contributed by atoms with Crippen LogP contribution in [0.5, 0.6) is 0 Å². The smallest absolute Gasteiger partial charge is 0.340 e.